The molecule has 0 spiro atoms. The van der Waals surface area contributed by atoms with Gasteiger partial charge in [-0.2, -0.15) is 0 Å². The molecule has 0 fully saturated rings. The van der Waals surface area contributed by atoms with Gasteiger partial charge in [0, 0.05) is 12.7 Å². The number of carbonyl (C=O) groups excluding carboxylic acids is 1. The predicted octanol–water partition coefficient (Wildman–Crippen LogP) is 3.55. The highest BCUT2D eigenvalue weighted by Crippen LogP contribution is 2.34. The maximum Gasteiger partial charge on any atom is 0.241 e. The van der Waals surface area contributed by atoms with Gasteiger partial charge in [-0.05, 0) is 36.8 Å². The molecular formula is C19H17FN2O4. The first kappa shape index (κ1) is 17.8. The summed E-state index contributed by atoms with van der Waals surface area (Å²) in [6.07, 6.45) is 0.455. The fourth-order valence-corrected chi connectivity index (χ4v) is 2.62. The first-order valence-electron chi connectivity index (χ1n) is 7.81. The van der Waals surface area contributed by atoms with Crippen molar-refractivity contribution >= 4 is 17.3 Å². The Morgan fingerprint density at radius 2 is 2.00 bits per heavy atom. The van der Waals surface area contributed by atoms with Crippen LogP contribution in [0.15, 0.2) is 30.3 Å². The quantitative estimate of drug-likeness (QED) is 0.497. The summed E-state index contributed by atoms with van der Waals surface area (Å²) in [4.78, 5) is 20.0. The molecule has 0 unspecified atom stereocenters. The number of hydrogen-bond donors (Lipinski definition) is 0. The summed E-state index contributed by atoms with van der Waals surface area (Å²) >= 11 is 0. The molecule has 134 valence electrons. The molecule has 6 nitrogen and oxygen atoms in total. The van der Waals surface area contributed by atoms with Crippen LogP contribution in [0.3, 0.4) is 0 Å². The first-order valence-corrected chi connectivity index (χ1v) is 7.81. The summed E-state index contributed by atoms with van der Waals surface area (Å²) < 4.78 is 30.5. The number of carbonyl (C=O) groups is 1. The van der Waals surface area contributed by atoms with Gasteiger partial charge >= 0.3 is 0 Å². The number of rotatable bonds is 6. The highest BCUT2D eigenvalue weighted by Gasteiger charge is 2.19. The third-order valence-electron chi connectivity index (χ3n) is 3.78. The molecule has 0 atom stereocenters. The number of fused-ring (bicyclic) bond motifs is 1. The lowest BCUT2D eigenvalue weighted by molar-refractivity contribution is 0.0520. The van der Waals surface area contributed by atoms with Crippen molar-refractivity contribution in [2.24, 2.45) is 0 Å². The van der Waals surface area contributed by atoms with Gasteiger partial charge in [0.05, 0.1) is 18.2 Å². The Morgan fingerprint density at radius 3 is 2.69 bits per heavy atom. The van der Waals surface area contributed by atoms with Crippen molar-refractivity contribution in [2.75, 3.05) is 21.0 Å². The van der Waals surface area contributed by atoms with Crippen molar-refractivity contribution in [3.63, 3.8) is 0 Å². The van der Waals surface area contributed by atoms with Crippen LogP contribution in [0.4, 0.5) is 4.39 Å². The maximum atomic E-state index is 14.6. The summed E-state index contributed by atoms with van der Waals surface area (Å²) in [5, 5.41) is 0. The predicted molar refractivity (Wildman–Crippen MR) is 94.1 cm³/mol. The van der Waals surface area contributed by atoms with E-state index in [9.17, 15) is 9.18 Å². The van der Waals surface area contributed by atoms with Crippen molar-refractivity contribution in [1.82, 2.24) is 9.97 Å². The molecule has 1 aromatic heterocycles. The second-order valence-corrected chi connectivity index (χ2v) is 5.59. The third-order valence-corrected chi connectivity index (χ3v) is 3.78. The minimum Gasteiger partial charge on any atom is -0.479 e. The molecule has 0 radical (unpaired) electrons. The SMILES string of the molecule is COCOc1cc(C)cc2nc(OC)c(-c3cccc(C=O)c3F)nc12. The average molecular weight is 356 g/mol. The number of aldehydes is 1. The Morgan fingerprint density at radius 1 is 1.19 bits per heavy atom. The molecule has 0 aliphatic heterocycles. The van der Waals surface area contributed by atoms with Gasteiger partial charge in [0.15, 0.2) is 18.8 Å². The smallest absolute Gasteiger partial charge is 0.241 e. The summed E-state index contributed by atoms with van der Waals surface area (Å²) in [7, 11) is 2.94. The van der Waals surface area contributed by atoms with Gasteiger partial charge in [-0.1, -0.05) is 6.07 Å². The van der Waals surface area contributed by atoms with Crippen molar-refractivity contribution in [1.29, 1.82) is 0 Å². The number of halogens is 1. The van der Waals surface area contributed by atoms with Crippen LogP contribution in [-0.2, 0) is 4.74 Å². The van der Waals surface area contributed by atoms with Crippen molar-refractivity contribution < 1.29 is 23.4 Å². The van der Waals surface area contributed by atoms with Crippen molar-refractivity contribution in [3.8, 4) is 22.9 Å². The number of methoxy groups -OCH3 is 2. The third kappa shape index (κ3) is 3.21. The number of nitrogens with zero attached hydrogens (tertiary/aromatic N) is 2. The minimum absolute atomic E-state index is 0.0383. The lowest BCUT2D eigenvalue weighted by atomic mass is 10.1. The van der Waals surface area contributed by atoms with Gasteiger partial charge in [-0.25, -0.2) is 14.4 Å². The van der Waals surface area contributed by atoms with Gasteiger partial charge in [0.2, 0.25) is 5.88 Å². The summed E-state index contributed by atoms with van der Waals surface area (Å²) in [5.41, 5.74) is 2.16. The molecule has 0 N–H and O–H groups in total. The molecule has 26 heavy (non-hydrogen) atoms. The molecule has 0 bridgehead atoms. The lowest BCUT2D eigenvalue weighted by Crippen LogP contribution is -2.03. The molecule has 7 heteroatoms. The number of hydrogen-bond acceptors (Lipinski definition) is 6. The van der Waals surface area contributed by atoms with Crippen LogP contribution in [0.25, 0.3) is 22.3 Å². The van der Waals surface area contributed by atoms with Crippen LogP contribution >= 0.6 is 0 Å². The number of ether oxygens (including phenoxy) is 3. The van der Waals surface area contributed by atoms with Gasteiger partial charge in [-0.15, -0.1) is 0 Å². The molecule has 0 saturated heterocycles. The fourth-order valence-electron chi connectivity index (χ4n) is 2.62. The molecule has 2 aromatic carbocycles. The number of aromatic nitrogens is 2. The van der Waals surface area contributed by atoms with Crippen LogP contribution in [0.5, 0.6) is 11.6 Å². The van der Waals surface area contributed by atoms with E-state index in [0.717, 1.165) is 5.56 Å². The zero-order valence-corrected chi connectivity index (χ0v) is 14.6. The van der Waals surface area contributed by atoms with E-state index in [-0.39, 0.29) is 29.5 Å². The van der Waals surface area contributed by atoms with Crippen LogP contribution < -0.4 is 9.47 Å². The van der Waals surface area contributed by atoms with Crippen LogP contribution in [-0.4, -0.2) is 37.3 Å². The zero-order valence-electron chi connectivity index (χ0n) is 14.6. The van der Waals surface area contributed by atoms with E-state index in [4.69, 9.17) is 14.2 Å². The van der Waals surface area contributed by atoms with E-state index in [1.165, 1.54) is 26.4 Å². The van der Waals surface area contributed by atoms with Crippen LogP contribution in [0.2, 0.25) is 0 Å². The second-order valence-electron chi connectivity index (χ2n) is 5.59. The Kier molecular flexibility index (Phi) is 5.09. The Hall–Kier alpha value is -3.06. The second kappa shape index (κ2) is 7.45. The average Bonchev–Trinajstić information content (AvgIpc) is 2.65. The molecular weight excluding hydrogens is 339 g/mol. The summed E-state index contributed by atoms with van der Waals surface area (Å²) in [6, 6.07) is 8.11. The normalized spacial score (nSPS) is 10.8. The largest absolute Gasteiger partial charge is 0.479 e. The maximum absolute atomic E-state index is 14.6. The molecule has 1 heterocycles. The standard InChI is InChI=1S/C19H17FN2O4/c1-11-7-14-18(15(8-11)26-10-24-2)22-17(19(21-14)25-3)13-6-4-5-12(9-23)16(13)20/h4-9H,10H2,1-3H3. The summed E-state index contributed by atoms with van der Waals surface area (Å²) in [6.45, 7) is 1.94. The Balaban J connectivity index is 2.28. The van der Waals surface area contributed by atoms with E-state index >= 15 is 0 Å². The van der Waals surface area contributed by atoms with Gasteiger partial charge in [-0.3, -0.25) is 4.79 Å². The number of benzene rings is 2. The van der Waals surface area contributed by atoms with E-state index in [1.54, 1.807) is 12.1 Å². The fraction of sp³-hybridized carbons (Fsp3) is 0.211. The Bertz CT molecular complexity index is 975. The van der Waals surface area contributed by atoms with Crippen molar-refractivity contribution in [2.45, 2.75) is 6.92 Å². The van der Waals surface area contributed by atoms with E-state index in [0.29, 0.717) is 23.1 Å². The molecule has 0 amide bonds. The molecule has 0 aliphatic carbocycles. The zero-order chi connectivity index (χ0) is 18.7. The van der Waals surface area contributed by atoms with Crippen LogP contribution in [0, 0.1) is 12.7 Å². The first-order chi connectivity index (χ1) is 12.6. The monoisotopic (exact) mass is 356 g/mol. The van der Waals surface area contributed by atoms with Gasteiger partial charge in [0.25, 0.3) is 0 Å². The highest BCUT2D eigenvalue weighted by molar-refractivity contribution is 5.87. The number of aryl methyl sites for hydroxylation is 1. The van der Waals surface area contributed by atoms with Crippen molar-refractivity contribution in [3.05, 3.63) is 47.3 Å². The van der Waals surface area contributed by atoms with E-state index in [2.05, 4.69) is 9.97 Å². The van der Waals surface area contributed by atoms with Crippen LogP contribution in [0.1, 0.15) is 15.9 Å². The molecule has 0 saturated carbocycles. The minimum atomic E-state index is -0.680. The lowest BCUT2D eigenvalue weighted by Gasteiger charge is -2.13. The van der Waals surface area contributed by atoms with Gasteiger partial charge in [0.1, 0.15) is 17.0 Å². The van der Waals surface area contributed by atoms with Gasteiger partial charge < -0.3 is 14.2 Å². The van der Waals surface area contributed by atoms with E-state index < -0.39 is 5.82 Å². The topological polar surface area (TPSA) is 70.5 Å². The van der Waals surface area contributed by atoms with E-state index in [1.807, 2.05) is 13.0 Å². The Labute approximate surface area is 149 Å². The summed E-state index contributed by atoms with van der Waals surface area (Å²) in [5.74, 6) is -0.0612. The molecule has 3 aromatic rings. The molecule has 3 rings (SSSR count). The highest BCUT2D eigenvalue weighted by atomic mass is 19.1. The molecule has 0 aliphatic rings.